The van der Waals surface area contributed by atoms with Crippen LogP contribution in [-0.4, -0.2) is 30.0 Å². The lowest BCUT2D eigenvalue weighted by atomic mass is 10.5. The molecule has 0 aliphatic heterocycles. The average Bonchev–Trinajstić information content (AvgIpc) is 1.61. The van der Waals surface area contributed by atoms with Gasteiger partial charge in [-0.25, -0.2) is 0 Å². The molecule has 3 heteroatoms. The van der Waals surface area contributed by atoms with E-state index in [2.05, 4.69) is 12.5 Å². The van der Waals surface area contributed by atoms with Crippen LogP contribution in [0.3, 0.4) is 0 Å². The van der Waals surface area contributed by atoms with E-state index in [1.54, 1.807) is 0 Å². The highest BCUT2D eigenvalue weighted by Gasteiger charge is 1.97. The molecule has 0 fully saturated rings. The van der Waals surface area contributed by atoms with Gasteiger partial charge in [0.2, 0.25) is 0 Å². The molecule has 0 heterocycles. The van der Waals surface area contributed by atoms with E-state index < -0.39 is 0 Å². The fraction of sp³-hybridized carbons (Fsp3) is 1.00. The smallest absolute Gasteiger partial charge is 0.109 e. The van der Waals surface area contributed by atoms with E-state index in [4.69, 9.17) is 5.11 Å². The van der Waals surface area contributed by atoms with E-state index in [0.717, 1.165) is 6.42 Å². The molecule has 0 amide bonds. The Morgan fingerprint density at radius 1 is 1.38 bits per heavy atom. The number of hydrogen-bond donors (Lipinski definition) is 1. The maximum atomic E-state index is 8.32. The first-order chi connectivity index (χ1) is 3.27. The quantitative estimate of drug-likeness (QED) is 0.491. The minimum absolute atomic E-state index is 0. The Balaban J connectivity index is 0. The highest BCUT2D eigenvalue weighted by molar-refractivity contribution is 7.95. The van der Waals surface area contributed by atoms with Gasteiger partial charge in [0.15, 0.2) is 0 Å². The summed E-state index contributed by atoms with van der Waals surface area (Å²) in [4.78, 5) is 0. The van der Waals surface area contributed by atoms with Crippen molar-refractivity contribution in [2.45, 2.75) is 6.42 Å². The van der Waals surface area contributed by atoms with Gasteiger partial charge in [-0.3, -0.25) is 0 Å². The first kappa shape index (κ1) is 11.6. The Bertz CT molecular complexity index is 41.4. The van der Waals surface area contributed by atoms with Gasteiger partial charge in [0.25, 0.3) is 0 Å². The van der Waals surface area contributed by atoms with Gasteiger partial charge < -0.3 is 22.1 Å². The first-order valence-corrected chi connectivity index (χ1v) is 4.63. The highest BCUT2D eigenvalue weighted by Crippen LogP contribution is 1.86. The van der Waals surface area contributed by atoms with Crippen molar-refractivity contribution in [2.24, 2.45) is 0 Å². The maximum Gasteiger partial charge on any atom is 0.109 e. The number of aliphatic hydroxyl groups excluding tert-OH is 1. The third-order valence-electron chi connectivity index (χ3n) is 0.711. The molecule has 0 atom stereocenters. The fourth-order valence-electron chi connectivity index (χ4n) is 0.353. The van der Waals surface area contributed by atoms with Crippen LogP contribution in [0.4, 0.5) is 0 Å². The molecule has 0 aliphatic rings. The topological polar surface area (TPSA) is 20.2 Å². The van der Waals surface area contributed by atoms with Crippen molar-refractivity contribution in [3.05, 3.63) is 0 Å². The molecule has 0 unspecified atom stereocenters. The lowest BCUT2D eigenvalue weighted by molar-refractivity contribution is -0.00000273. The monoisotopic (exact) mass is 200 g/mol. The summed E-state index contributed by atoms with van der Waals surface area (Å²) in [6.45, 7) is 0.352. The fourth-order valence-corrected chi connectivity index (χ4v) is 1.06. The third kappa shape index (κ3) is 9.92. The predicted molar refractivity (Wildman–Crippen MR) is 35.8 cm³/mol. The minimum atomic E-state index is 0. The van der Waals surface area contributed by atoms with Gasteiger partial charge in [-0.2, -0.15) is 0 Å². The van der Waals surface area contributed by atoms with Crippen molar-refractivity contribution >= 4 is 10.9 Å². The average molecular weight is 201 g/mol. The Hall–Kier alpha value is 0.790. The van der Waals surface area contributed by atoms with E-state index >= 15 is 0 Å². The second-order valence-electron chi connectivity index (χ2n) is 1.77. The third-order valence-corrected chi connectivity index (χ3v) is 1.82. The molecule has 0 saturated carbocycles. The maximum absolute atomic E-state index is 8.32. The Labute approximate surface area is 64.6 Å². The molecule has 0 radical (unpaired) electrons. The summed E-state index contributed by atoms with van der Waals surface area (Å²) in [7, 11) is 0.525. The van der Waals surface area contributed by atoms with E-state index in [1.807, 2.05) is 0 Å². The van der Waals surface area contributed by atoms with Crippen molar-refractivity contribution in [3.8, 4) is 0 Å². The molecule has 0 aliphatic carbocycles. The minimum Gasteiger partial charge on any atom is -1.00 e. The van der Waals surface area contributed by atoms with Gasteiger partial charge in [-0.1, -0.05) is 0 Å². The Morgan fingerprint density at radius 2 is 1.88 bits per heavy atom. The van der Waals surface area contributed by atoms with Crippen LogP contribution in [0.5, 0.6) is 0 Å². The van der Waals surface area contributed by atoms with Gasteiger partial charge in [-0.15, -0.1) is 0 Å². The van der Waals surface area contributed by atoms with Crippen LogP contribution in [0.1, 0.15) is 6.42 Å². The molecule has 52 valence electrons. The molecule has 0 bridgehead atoms. The van der Waals surface area contributed by atoms with E-state index in [0.29, 0.717) is 17.5 Å². The van der Waals surface area contributed by atoms with Crippen molar-refractivity contribution < 1.29 is 22.1 Å². The van der Waals surface area contributed by atoms with Crippen molar-refractivity contribution in [2.75, 3.05) is 24.9 Å². The van der Waals surface area contributed by atoms with Crippen molar-refractivity contribution in [1.82, 2.24) is 0 Å². The summed E-state index contributed by atoms with van der Waals surface area (Å²) in [5.74, 6) is 1.18. The number of rotatable bonds is 3. The standard InChI is InChI=1S/C5H13OS.BrH/c1-7(2)5-3-4-6;/h6H,3-5H2,1-2H3;1H/q+1;/p-1. The van der Waals surface area contributed by atoms with Gasteiger partial charge in [0.05, 0.1) is 12.5 Å². The molecule has 1 nitrogen and oxygen atoms in total. The molecule has 0 aromatic rings. The van der Waals surface area contributed by atoms with E-state index in [-0.39, 0.29) is 17.0 Å². The van der Waals surface area contributed by atoms with Gasteiger partial charge >= 0.3 is 0 Å². The van der Waals surface area contributed by atoms with Crippen LogP contribution in [0.2, 0.25) is 0 Å². The molecule has 0 spiro atoms. The second kappa shape index (κ2) is 7.79. The van der Waals surface area contributed by atoms with Crippen LogP contribution in [-0.2, 0) is 10.9 Å². The van der Waals surface area contributed by atoms with Crippen LogP contribution in [0, 0.1) is 0 Å². The lowest BCUT2D eigenvalue weighted by Crippen LogP contribution is -3.00. The van der Waals surface area contributed by atoms with Crippen LogP contribution < -0.4 is 17.0 Å². The number of aliphatic hydroxyl groups is 1. The van der Waals surface area contributed by atoms with Crippen molar-refractivity contribution in [1.29, 1.82) is 0 Å². The zero-order chi connectivity index (χ0) is 5.70. The summed E-state index contributed by atoms with van der Waals surface area (Å²) in [5, 5.41) is 8.32. The molecular formula is C5H13BrOS. The van der Waals surface area contributed by atoms with Crippen LogP contribution in [0.25, 0.3) is 0 Å². The zero-order valence-corrected chi connectivity index (χ0v) is 7.76. The van der Waals surface area contributed by atoms with Crippen molar-refractivity contribution in [3.63, 3.8) is 0 Å². The molecule has 0 saturated heterocycles. The molecule has 1 N–H and O–H groups in total. The van der Waals surface area contributed by atoms with Gasteiger partial charge in [0, 0.05) is 13.0 Å². The van der Waals surface area contributed by atoms with Crippen LogP contribution >= 0.6 is 0 Å². The largest absolute Gasteiger partial charge is 1.00 e. The summed E-state index contributed by atoms with van der Waals surface area (Å²) < 4.78 is 0. The van der Waals surface area contributed by atoms with Gasteiger partial charge in [-0.05, 0) is 10.9 Å². The highest BCUT2D eigenvalue weighted by atomic mass is 79.9. The lowest BCUT2D eigenvalue weighted by Gasteiger charge is -1.90. The second-order valence-corrected chi connectivity index (χ2v) is 4.15. The zero-order valence-electron chi connectivity index (χ0n) is 5.35. The molecule has 0 aromatic heterocycles. The van der Waals surface area contributed by atoms with E-state index in [9.17, 15) is 0 Å². The SMILES string of the molecule is C[S+](C)CCCO.[Br-]. The summed E-state index contributed by atoms with van der Waals surface area (Å²) >= 11 is 0. The Kier molecular flexibility index (Phi) is 11.3. The molecule has 0 rings (SSSR count). The van der Waals surface area contributed by atoms with Gasteiger partial charge in [0.1, 0.15) is 5.75 Å². The Morgan fingerprint density at radius 3 is 2.00 bits per heavy atom. The normalized spacial score (nSPS) is 9.00. The summed E-state index contributed by atoms with van der Waals surface area (Å²) in [6, 6.07) is 0. The first-order valence-electron chi connectivity index (χ1n) is 2.42. The number of hydrogen-bond acceptors (Lipinski definition) is 1. The van der Waals surface area contributed by atoms with E-state index in [1.165, 1.54) is 5.75 Å². The summed E-state index contributed by atoms with van der Waals surface area (Å²) in [6.07, 6.45) is 5.35. The molecule has 0 aromatic carbocycles. The number of halogens is 1. The predicted octanol–water partition coefficient (Wildman–Crippen LogP) is -2.75. The molecule has 8 heavy (non-hydrogen) atoms. The van der Waals surface area contributed by atoms with Crippen LogP contribution in [0.15, 0.2) is 0 Å². The summed E-state index contributed by atoms with van der Waals surface area (Å²) in [5.41, 5.74) is 0. The molecular weight excluding hydrogens is 188 g/mol.